The van der Waals surface area contributed by atoms with Crippen molar-refractivity contribution in [2.75, 3.05) is 13.6 Å². The molecule has 1 aliphatic heterocycles. The molecule has 2 N–H and O–H groups in total. The Balaban J connectivity index is 2.09. The van der Waals surface area contributed by atoms with Crippen molar-refractivity contribution in [3.05, 3.63) is 34.9 Å². The second-order valence-electron chi connectivity index (χ2n) is 5.76. The standard InChI is InChI=1S/C16H25ClN2O/c1-11-7-8-16(20-11)15(10-18)19(3)12(2)13-5-4-6-14(17)9-13/h4-6,9,11-12,15-16H,7-8,10,18H2,1-3H3. The van der Waals surface area contributed by atoms with Gasteiger partial charge < -0.3 is 10.5 Å². The molecule has 3 nitrogen and oxygen atoms in total. The molecule has 0 bridgehead atoms. The highest BCUT2D eigenvalue weighted by Crippen LogP contribution is 2.29. The molecule has 0 aliphatic carbocycles. The summed E-state index contributed by atoms with van der Waals surface area (Å²) in [5, 5.41) is 0.776. The average molecular weight is 297 g/mol. The highest BCUT2D eigenvalue weighted by atomic mass is 35.5. The highest BCUT2D eigenvalue weighted by Gasteiger charge is 2.33. The van der Waals surface area contributed by atoms with Gasteiger partial charge in [0.2, 0.25) is 0 Å². The summed E-state index contributed by atoms with van der Waals surface area (Å²) in [4.78, 5) is 2.31. The quantitative estimate of drug-likeness (QED) is 0.906. The van der Waals surface area contributed by atoms with E-state index in [9.17, 15) is 0 Å². The summed E-state index contributed by atoms with van der Waals surface area (Å²) in [6, 6.07) is 8.54. The lowest BCUT2D eigenvalue weighted by Gasteiger charge is -2.36. The number of ether oxygens (including phenoxy) is 1. The van der Waals surface area contributed by atoms with Crippen LogP contribution in [0.3, 0.4) is 0 Å². The molecule has 0 saturated carbocycles. The molecule has 4 unspecified atom stereocenters. The second kappa shape index (κ2) is 6.90. The van der Waals surface area contributed by atoms with Crippen LogP contribution in [0.1, 0.15) is 38.3 Å². The Labute approximate surface area is 127 Å². The van der Waals surface area contributed by atoms with Gasteiger partial charge in [-0.2, -0.15) is 0 Å². The predicted octanol–water partition coefficient (Wildman–Crippen LogP) is 3.23. The maximum atomic E-state index is 6.09. The van der Waals surface area contributed by atoms with Gasteiger partial charge in [-0.1, -0.05) is 23.7 Å². The molecule has 1 saturated heterocycles. The third-order valence-electron chi connectivity index (χ3n) is 4.40. The van der Waals surface area contributed by atoms with Gasteiger partial charge in [0.15, 0.2) is 0 Å². The summed E-state index contributed by atoms with van der Waals surface area (Å²) in [6.07, 6.45) is 2.81. The normalized spacial score (nSPS) is 25.9. The van der Waals surface area contributed by atoms with Crippen LogP contribution in [-0.2, 0) is 4.74 Å². The number of halogens is 1. The molecule has 0 aromatic heterocycles. The molecule has 0 amide bonds. The molecular weight excluding hydrogens is 272 g/mol. The van der Waals surface area contributed by atoms with E-state index in [4.69, 9.17) is 22.1 Å². The molecule has 1 aromatic rings. The summed E-state index contributed by atoms with van der Waals surface area (Å²) in [7, 11) is 2.12. The van der Waals surface area contributed by atoms with Crippen LogP contribution in [0.25, 0.3) is 0 Å². The number of hydrogen-bond acceptors (Lipinski definition) is 3. The molecule has 4 heteroatoms. The molecule has 20 heavy (non-hydrogen) atoms. The highest BCUT2D eigenvalue weighted by molar-refractivity contribution is 6.30. The van der Waals surface area contributed by atoms with E-state index in [-0.39, 0.29) is 18.2 Å². The summed E-state index contributed by atoms with van der Waals surface area (Å²) >= 11 is 6.09. The number of benzene rings is 1. The zero-order valence-electron chi connectivity index (χ0n) is 12.6. The maximum absolute atomic E-state index is 6.09. The van der Waals surface area contributed by atoms with Gasteiger partial charge in [0.05, 0.1) is 12.2 Å². The van der Waals surface area contributed by atoms with E-state index in [1.54, 1.807) is 0 Å². The summed E-state index contributed by atoms with van der Waals surface area (Å²) in [5.41, 5.74) is 7.21. The minimum Gasteiger partial charge on any atom is -0.374 e. The van der Waals surface area contributed by atoms with Crippen molar-refractivity contribution in [3.8, 4) is 0 Å². The van der Waals surface area contributed by atoms with Crippen LogP contribution in [0.5, 0.6) is 0 Å². The Morgan fingerprint density at radius 3 is 2.75 bits per heavy atom. The van der Waals surface area contributed by atoms with Crippen molar-refractivity contribution >= 4 is 11.6 Å². The Morgan fingerprint density at radius 2 is 2.20 bits per heavy atom. The second-order valence-corrected chi connectivity index (χ2v) is 6.20. The van der Waals surface area contributed by atoms with Crippen molar-refractivity contribution in [3.63, 3.8) is 0 Å². The SMILES string of the molecule is CC1CCC(C(CN)N(C)C(C)c2cccc(Cl)c2)O1. The molecule has 0 spiro atoms. The van der Waals surface area contributed by atoms with Gasteiger partial charge in [-0.05, 0) is 51.4 Å². The third kappa shape index (κ3) is 3.53. The molecule has 0 radical (unpaired) electrons. The number of hydrogen-bond donors (Lipinski definition) is 1. The first-order valence-corrected chi connectivity index (χ1v) is 7.73. The Morgan fingerprint density at radius 1 is 1.45 bits per heavy atom. The largest absolute Gasteiger partial charge is 0.374 e. The fourth-order valence-corrected chi connectivity index (χ4v) is 3.18. The van der Waals surface area contributed by atoms with Crippen LogP contribution in [0, 0.1) is 0 Å². The predicted molar refractivity (Wildman–Crippen MR) is 84.0 cm³/mol. The summed E-state index contributed by atoms with van der Waals surface area (Å²) in [5.74, 6) is 0. The first-order valence-electron chi connectivity index (χ1n) is 7.36. The van der Waals surface area contributed by atoms with Crippen LogP contribution >= 0.6 is 11.6 Å². The van der Waals surface area contributed by atoms with Crippen LogP contribution < -0.4 is 5.73 Å². The van der Waals surface area contributed by atoms with Crippen LogP contribution in [-0.4, -0.2) is 36.7 Å². The van der Waals surface area contributed by atoms with Gasteiger partial charge in [0.1, 0.15) is 0 Å². The smallest absolute Gasteiger partial charge is 0.0747 e. The molecule has 1 heterocycles. The summed E-state index contributed by atoms with van der Waals surface area (Å²) < 4.78 is 6.00. The maximum Gasteiger partial charge on any atom is 0.0747 e. The fraction of sp³-hybridized carbons (Fsp3) is 0.625. The van der Waals surface area contributed by atoms with E-state index >= 15 is 0 Å². The van der Waals surface area contributed by atoms with Crippen molar-refractivity contribution < 1.29 is 4.74 Å². The Hall–Kier alpha value is -0.610. The molecule has 1 aliphatic rings. The van der Waals surface area contributed by atoms with E-state index in [0.29, 0.717) is 12.6 Å². The molecule has 112 valence electrons. The Kier molecular flexibility index (Phi) is 5.44. The first kappa shape index (κ1) is 15.8. The third-order valence-corrected chi connectivity index (χ3v) is 4.64. The first-order chi connectivity index (χ1) is 9.52. The lowest BCUT2D eigenvalue weighted by molar-refractivity contribution is -0.00694. The number of likely N-dealkylation sites (N-methyl/N-ethyl adjacent to an activating group) is 1. The molecular formula is C16H25ClN2O. The fourth-order valence-electron chi connectivity index (χ4n) is 2.99. The Bertz CT molecular complexity index is 440. The molecule has 4 atom stereocenters. The molecule has 1 aromatic carbocycles. The van der Waals surface area contributed by atoms with Gasteiger partial charge in [-0.25, -0.2) is 0 Å². The number of nitrogens with two attached hydrogens (primary N) is 1. The van der Waals surface area contributed by atoms with Gasteiger partial charge in [0.25, 0.3) is 0 Å². The van der Waals surface area contributed by atoms with E-state index in [1.165, 1.54) is 5.56 Å². The number of nitrogens with zero attached hydrogens (tertiary/aromatic N) is 1. The van der Waals surface area contributed by atoms with Crippen LogP contribution in [0.4, 0.5) is 0 Å². The van der Waals surface area contributed by atoms with Gasteiger partial charge in [0, 0.05) is 23.7 Å². The van der Waals surface area contributed by atoms with Gasteiger partial charge in [-0.15, -0.1) is 0 Å². The molecule has 2 rings (SSSR count). The van der Waals surface area contributed by atoms with Crippen LogP contribution in [0.2, 0.25) is 5.02 Å². The minimum atomic E-state index is 0.238. The van der Waals surface area contributed by atoms with Crippen molar-refractivity contribution in [2.45, 2.75) is 51.0 Å². The average Bonchev–Trinajstić information content (AvgIpc) is 2.85. The van der Waals surface area contributed by atoms with E-state index in [1.807, 2.05) is 18.2 Å². The lowest BCUT2D eigenvalue weighted by atomic mass is 10.0. The lowest BCUT2D eigenvalue weighted by Crippen LogP contribution is -2.47. The van der Waals surface area contributed by atoms with Crippen molar-refractivity contribution in [1.29, 1.82) is 0 Å². The summed E-state index contributed by atoms with van der Waals surface area (Å²) in [6.45, 7) is 4.93. The van der Waals surface area contributed by atoms with E-state index < -0.39 is 0 Å². The molecule has 1 fully saturated rings. The zero-order chi connectivity index (χ0) is 14.7. The van der Waals surface area contributed by atoms with Crippen LogP contribution in [0.15, 0.2) is 24.3 Å². The van der Waals surface area contributed by atoms with E-state index in [2.05, 4.69) is 31.9 Å². The topological polar surface area (TPSA) is 38.5 Å². The van der Waals surface area contributed by atoms with Crippen molar-refractivity contribution in [2.24, 2.45) is 5.73 Å². The van der Waals surface area contributed by atoms with Gasteiger partial charge >= 0.3 is 0 Å². The monoisotopic (exact) mass is 296 g/mol. The van der Waals surface area contributed by atoms with E-state index in [0.717, 1.165) is 17.9 Å². The van der Waals surface area contributed by atoms with Crippen molar-refractivity contribution in [1.82, 2.24) is 4.90 Å². The zero-order valence-corrected chi connectivity index (χ0v) is 13.3. The minimum absolute atomic E-state index is 0.238. The van der Waals surface area contributed by atoms with Gasteiger partial charge in [-0.3, -0.25) is 4.90 Å². The number of rotatable bonds is 5.